The van der Waals surface area contributed by atoms with Crippen molar-refractivity contribution in [1.82, 2.24) is 9.97 Å². The molecule has 49 heavy (non-hydrogen) atoms. The van der Waals surface area contributed by atoms with E-state index in [1.165, 1.54) is 30.9 Å². The second-order valence-electron chi connectivity index (χ2n) is 12.5. The minimum atomic E-state index is 0.632. The highest BCUT2D eigenvalue weighted by atomic mass is 32.1. The number of furan rings is 2. The molecule has 0 saturated carbocycles. The molecule has 0 bridgehead atoms. The molecular weight excluding hydrogens is 621 g/mol. The summed E-state index contributed by atoms with van der Waals surface area (Å²) >= 11 is 1.80. The van der Waals surface area contributed by atoms with Gasteiger partial charge >= 0.3 is 0 Å². The van der Waals surface area contributed by atoms with Crippen molar-refractivity contribution in [3.63, 3.8) is 0 Å². The molecule has 0 amide bonds. The molecule has 7 aromatic carbocycles. The van der Waals surface area contributed by atoms with Crippen LogP contribution in [0.5, 0.6) is 0 Å². The third kappa shape index (κ3) is 3.97. The number of fused-ring (bicyclic) bond motifs is 10. The minimum absolute atomic E-state index is 0.632. The highest BCUT2D eigenvalue weighted by molar-refractivity contribution is 7.25. The summed E-state index contributed by atoms with van der Waals surface area (Å²) in [5.41, 5.74) is 8.75. The summed E-state index contributed by atoms with van der Waals surface area (Å²) in [6, 6.07) is 50.8. The molecule has 11 aromatic rings. The van der Waals surface area contributed by atoms with E-state index in [-0.39, 0.29) is 0 Å². The van der Waals surface area contributed by atoms with E-state index in [0.717, 1.165) is 66.4 Å². The van der Waals surface area contributed by atoms with Gasteiger partial charge in [0.2, 0.25) is 0 Å². The fourth-order valence-electron chi connectivity index (χ4n) is 7.38. The van der Waals surface area contributed by atoms with Crippen LogP contribution in [0.15, 0.2) is 154 Å². The Morgan fingerprint density at radius 1 is 0.449 bits per heavy atom. The van der Waals surface area contributed by atoms with Gasteiger partial charge in [-0.05, 0) is 64.9 Å². The Hall–Kier alpha value is -6.30. The van der Waals surface area contributed by atoms with Gasteiger partial charge in [-0.15, -0.1) is 11.3 Å². The van der Waals surface area contributed by atoms with Crippen molar-refractivity contribution >= 4 is 86.3 Å². The lowest BCUT2D eigenvalue weighted by atomic mass is 9.96. The van der Waals surface area contributed by atoms with E-state index >= 15 is 0 Å². The molecule has 4 nitrogen and oxygen atoms in total. The van der Waals surface area contributed by atoms with E-state index in [4.69, 9.17) is 18.8 Å². The minimum Gasteiger partial charge on any atom is -0.455 e. The van der Waals surface area contributed by atoms with Crippen LogP contribution in [-0.2, 0) is 0 Å². The first-order chi connectivity index (χ1) is 24.3. The average molecular weight is 645 g/mol. The molecule has 11 rings (SSSR count). The second kappa shape index (κ2) is 10.1. The second-order valence-corrected chi connectivity index (χ2v) is 13.6. The van der Waals surface area contributed by atoms with Crippen molar-refractivity contribution in [2.45, 2.75) is 0 Å². The number of aromatic nitrogens is 2. The summed E-state index contributed by atoms with van der Waals surface area (Å²) in [6.45, 7) is 0. The van der Waals surface area contributed by atoms with Crippen molar-refractivity contribution in [2.75, 3.05) is 0 Å². The molecule has 4 heterocycles. The van der Waals surface area contributed by atoms with Crippen LogP contribution in [0, 0.1) is 0 Å². The number of hydrogen-bond acceptors (Lipinski definition) is 5. The molecule has 0 spiro atoms. The number of para-hydroxylation sites is 2. The van der Waals surface area contributed by atoms with Gasteiger partial charge in [-0.1, -0.05) is 97.1 Å². The van der Waals surface area contributed by atoms with E-state index in [1.807, 2.05) is 30.3 Å². The lowest BCUT2D eigenvalue weighted by Crippen LogP contribution is -1.95. The highest BCUT2D eigenvalue weighted by Gasteiger charge is 2.23. The summed E-state index contributed by atoms with van der Waals surface area (Å²) in [4.78, 5) is 10.6. The Morgan fingerprint density at radius 3 is 2.02 bits per heavy atom. The molecule has 0 radical (unpaired) electrons. The maximum atomic E-state index is 6.67. The fraction of sp³-hybridized carbons (Fsp3) is 0. The molecule has 0 aliphatic heterocycles. The van der Waals surface area contributed by atoms with Gasteiger partial charge in [0.05, 0.1) is 0 Å². The third-order valence-electron chi connectivity index (χ3n) is 9.70. The van der Waals surface area contributed by atoms with Gasteiger partial charge in [0.1, 0.15) is 28.0 Å². The van der Waals surface area contributed by atoms with Gasteiger partial charge in [-0.25, -0.2) is 9.97 Å². The Labute approximate surface area is 283 Å². The number of benzene rings is 7. The molecule has 0 aliphatic rings. The molecule has 0 N–H and O–H groups in total. The van der Waals surface area contributed by atoms with E-state index in [2.05, 4.69) is 115 Å². The summed E-state index contributed by atoms with van der Waals surface area (Å²) in [6.07, 6.45) is 0. The standard InChI is InChI=1S/C44H24N2O2S/c1-2-10-26-23-27(18-17-25(26)9-1)29-21-22-34(39-32-12-3-6-14-35(32)47-42(29)39)44-45-40(43-41(46-44)33-13-4-7-15-36(33)48-43)28-19-20-31-30-11-5-8-16-37(30)49-38(31)24-28/h1-24H. The monoisotopic (exact) mass is 644 g/mol. The van der Waals surface area contributed by atoms with Crippen molar-refractivity contribution in [2.24, 2.45) is 0 Å². The topological polar surface area (TPSA) is 52.1 Å². The molecule has 228 valence electrons. The first-order valence-electron chi connectivity index (χ1n) is 16.3. The molecule has 0 aliphatic carbocycles. The van der Waals surface area contributed by atoms with Gasteiger partial charge in [0, 0.05) is 53.0 Å². The largest absolute Gasteiger partial charge is 0.455 e. The number of nitrogens with zero attached hydrogens (tertiary/aromatic N) is 2. The van der Waals surface area contributed by atoms with Crippen LogP contribution in [0.2, 0.25) is 0 Å². The van der Waals surface area contributed by atoms with Crippen LogP contribution in [0.1, 0.15) is 0 Å². The SMILES string of the molecule is c1ccc2cc(-c3ccc(-c4nc(-c5ccc6c(c5)sc5ccccc56)c5oc6ccccc6c5n4)c4c3oc3ccccc34)ccc2c1. The number of rotatable bonds is 3. The van der Waals surface area contributed by atoms with Crippen molar-refractivity contribution < 1.29 is 8.83 Å². The van der Waals surface area contributed by atoms with Crippen LogP contribution in [0.3, 0.4) is 0 Å². The first kappa shape index (κ1) is 26.7. The van der Waals surface area contributed by atoms with Crippen LogP contribution in [0.25, 0.3) is 109 Å². The molecule has 0 saturated heterocycles. The molecule has 4 aromatic heterocycles. The lowest BCUT2D eigenvalue weighted by Gasteiger charge is -2.10. The number of hydrogen-bond donors (Lipinski definition) is 0. The van der Waals surface area contributed by atoms with E-state index in [1.54, 1.807) is 11.3 Å². The predicted octanol–water partition coefficient (Wildman–Crippen LogP) is 12.8. The normalized spacial score (nSPS) is 12.1. The first-order valence-corrected chi connectivity index (χ1v) is 17.1. The maximum Gasteiger partial charge on any atom is 0.180 e. The third-order valence-corrected chi connectivity index (χ3v) is 10.8. The van der Waals surface area contributed by atoms with E-state index in [9.17, 15) is 0 Å². The molecular formula is C44H24N2O2S. The predicted molar refractivity (Wildman–Crippen MR) is 203 cm³/mol. The Kier molecular flexibility index (Phi) is 5.51. The van der Waals surface area contributed by atoms with Crippen molar-refractivity contribution in [3.05, 3.63) is 146 Å². The quantitative estimate of drug-likeness (QED) is 0.192. The van der Waals surface area contributed by atoms with Gasteiger partial charge in [0.25, 0.3) is 0 Å². The Balaban J connectivity index is 1.20. The van der Waals surface area contributed by atoms with Gasteiger partial charge in [-0.3, -0.25) is 0 Å². The highest BCUT2D eigenvalue weighted by Crippen LogP contribution is 2.44. The Bertz CT molecular complexity index is 3130. The van der Waals surface area contributed by atoms with Crippen LogP contribution < -0.4 is 0 Å². The summed E-state index contributed by atoms with van der Waals surface area (Å²) in [7, 11) is 0. The zero-order chi connectivity index (χ0) is 32.1. The summed E-state index contributed by atoms with van der Waals surface area (Å²) < 4.78 is 15.7. The van der Waals surface area contributed by atoms with Crippen molar-refractivity contribution in [3.8, 4) is 33.8 Å². The van der Waals surface area contributed by atoms with E-state index in [0.29, 0.717) is 11.4 Å². The molecule has 5 heteroatoms. The molecule has 0 atom stereocenters. The maximum absolute atomic E-state index is 6.67. The van der Waals surface area contributed by atoms with Crippen molar-refractivity contribution in [1.29, 1.82) is 0 Å². The number of thiophene rings is 1. The van der Waals surface area contributed by atoms with Crippen LogP contribution in [0.4, 0.5) is 0 Å². The fourth-order valence-corrected chi connectivity index (χ4v) is 8.52. The smallest absolute Gasteiger partial charge is 0.180 e. The average Bonchev–Trinajstić information content (AvgIpc) is 3.85. The van der Waals surface area contributed by atoms with E-state index < -0.39 is 0 Å². The molecule has 0 unspecified atom stereocenters. The van der Waals surface area contributed by atoms with Gasteiger partial charge < -0.3 is 8.83 Å². The zero-order valence-electron chi connectivity index (χ0n) is 26.0. The Morgan fingerprint density at radius 2 is 1.12 bits per heavy atom. The van der Waals surface area contributed by atoms with Gasteiger partial charge in [0.15, 0.2) is 11.4 Å². The summed E-state index contributed by atoms with van der Waals surface area (Å²) in [5, 5.41) is 7.91. The van der Waals surface area contributed by atoms with Gasteiger partial charge in [-0.2, -0.15) is 0 Å². The van der Waals surface area contributed by atoms with Crippen LogP contribution in [-0.4, -0.2) is 9.97 Å². The summed E-state index contributed by atoms with van der Waals surface area (Å²) in [5.74, 6) is 0.632. The lowest BCUT2D eigenvalue weighted by molar-refractivity contribution is 0.667. The zero-order valence-corrected chi connectivity index (χ0v) is 26.8. The molecule has 0 fully saturated rings. The van der Waals surface area contributed by atoms with Crippen LogP contribution >= 0.6 is 11.3 Å².